The number of hydrogen-bond acceptors (Lipinski definition) is 3. The van der Waals surface area contributed by atoms with E-state index >= 15 is 0 Å². The zero-order chi connectivity index (χ0) is 17.4. The van der Waals surface area contributed by atoms with Crippen LogP contribution in [0.15, 0.2) is 24.3 Å². The number of phenols is 1. The Balaban J connectivity index is 2.14. The average Bonchev–Trinajstić information content (AvgIpc) is 2.92. The van der Waals surface area contributed by atoms with E-state index in [-0.39, 0.29) is 16.3 Å². The minimum absolute atomic E-state index is 0.127. The van der Waals surface area contributed by atoms with Gasteiger partial charge < -0.3 is 10.1 Å². The number of aromatic nitrogens is 2. The number of H-pyrrole nitrogens is 1. The van der Waals surface area contributed by atoms with E-state index in [1.807, 2.05) is 26.0 Å². The molecule has 2 N–H and O–H groups in total. The first-order valence-electron chi connectivity index (χ1n) is 7.16. The quantitative estimate of drug-likeness (QED) is 0.614. The van der Waals surface area contributed by atoms with E-state index in [0.29, 0.717) is 16.4 Å². The molecule has 0 aliphatic rings. The molecule has 24 heavy (non-hydrogen) atoms. The van der Waals surface area contributed by atoms with Crippen LogP contribution < -0.4 is 0 Å². The number of allylic oxidation sites excluding steroid dienone is 1. The van der Waals surface area contributed by atoms with Crippen LogP contribution in [0, 0.1) is 25.2 Å². The molecule has 0 spiro atoms. The van der Waals surface area contributed by atoms with Gasteiger partial charge in [0.1, 0.15) is 17.6 Å². The highest BCUT2D eigenvalue weighted by molar-refractivity contribution is 6.36. The van der Waals surface area contributed by atoms with Crippen molar-refractivity contribution in [1.29, 1.82) is 5.26 Å². The normalized spacial score (nSPS) is 11.7. The van der Waals surface area contributed by atoms with E-state index < -0.39 is 0 Å². The number of rotatable bonds is 2. The molecule has 1 heterocycles. The van der Waals surface area contributed by atoms with E-state index in [4.69, 9.17) is 23.2 Å². The van der Waals surface area contributed by atoms with Gasteiger partial charge in [-0.15, -0.1) is 0 Å². The van der Waals surface area contributed by atoms with Gasteiger partial charge in [-0.2, -0.15) is 5.26 Å². The molecule has 2 aromatic carbocycles. The Hall–Kier alpha value is -2.48. The van der Waals surface area contributed by atoms with E-state index in [2.05, 4.69) is 16.0 Å². The Morgan fingerprint density at radius 3 is 2.62 bits per heavy atom. The van der Waals surface area contributed by atoms with Crippen molar-refractivity contribution in [2.24, 2.45) is 0 Å². The molecular weight excluding hydrogens is 345 g/mol. The summed E-state index contributed by atoms with van der Waals surface area (Å²) in [5.74, 6) is 0.296. The van der Waals surface area contributed by atoms with Crippen LogP contribution in [0.5, 0.6) is 5.75 Å². The molecule has 0 radical (unpaired) electrons. The lowest BCUT2D eigenvalue weighted by molar-refractivity contribution is 0.474. The molecule has 0 aliphatic heterocycles. The van der Waals surface area contributed by atoms with Crippen molar-refractivity contribution >= 4 is 45.9 Å². The van der Waals surface area contributed by atoms with Gasteiger partial charge in [0.2, 0.25) is 0 Å². The number of aromatic hydroxyl groups is 1. The van der Waals surface area contributed by atoms with Crippen molar-refractivity contribution in [3.8, 4) is 11.8 Å². The molecule has 0 atom stereocenters. The first-order valence-corrected chi connectivity index (χ1v) is 7.92. The van der Waals surface area contributed by atoms with Crippen molar-refractivity contribution in [1.82, 2.24) is 9.97 Å². The molecule has 0 amide bonds. The SMILES string of the molecule is Cc1cc2nc(/C(C#N)=C/c3cc(Cl)cc(Cl)c3O)[nH]c2cc1C. The summed E-state index contributed by atoms with van der Waals surface area (Å²) in [6.45, 7) is 4.03. The summed E-state index contributed by atoms with van der Waals surface area (Å²) in [5.41, 5.74) is 4.53. The molecule has 0 unspecified atom stereocenters. The Labute approximate surface area is 149 Å². The summed E-state index contributed by atoms with van der Waals surface area (Å²) in [6.07, 6.45) is 1.50. The van der Waals surface area contributed by atoms with Crippen molar-refractivity contribution in [3.05, 3.63) is 56.8 Å². The standard InChI is InChI=1S/C18H13Cl2N3O/c1-9-3-15-16(4-10(9)2)23-18(22-15)12(8-21)5-11-6-13(19)7-14(20)17(11)24/h3-7,24H,1-2H3,(H,22,23)/b12-5+. The molecule has 0 aliphatic carbocycles. The van der Waals surface area contributed by atoms with Gasteiger partial charge in [0.15, 0.2) is 0 Å². The Bertz CT molecular complexity index is 990. The van der Waals surface area contributed by atoms with Crippen molar-refractivity contribution in [3.63, 3.8) is 0 Å². The number of benzene rings is 2. The zero-order valence-corrected chi connectivity index (χ0v) is 14.5. The monoisotopic (exact) mass is 357 g/mol. The number of phenolic OH excluding ortho intramolecular Hbond substituents is 1. The number of aromatic amines is 1. The number of nitrogens with zero attached hydrogens (tertiary/aromatic N) is 2. The van der Waals surface area contributed by atoms with Crippen molar-refractivity contribution < 1.29 is 5.11 Å². The van der Waals surface area contributed by atoms with E-state index in [9.17, 15) is 10.4 Å². The van der Waals surface area contributed by atoms with Gasteiger partial charge in [-0.25, -0.2) is 4.98 Å². The molecule has 6 heteroatoms. The number of aryl methyl sites for hydroxylation is 2. The average molecular weight is 358 g/mol. The van der Waals surface area contributed by atoms with Crippen LogP contribution in [0.3, 0.4) is 0 Å². The van der Waals surface area contributed by atoms with Gasteiger partial charge >= 0.3 is 0 Å². The molecule has 0 saturated heterocycles. The molecular formula is C18H13Cl2N3O. The minimum Gasteiger partial charge on any atom is -0.506 e. The van der Waals surface area contributed by atoms with E-state index in [0.717, 1.165) is 22.2 Å². The van der Waals surface area contributed by atoms with Gasteiger partial charge in [-0.3, -0.25) is 0 Å². The highest BCUT2D eigenvalue weighted by Crippen LogP contribution is 2.33. The van der Waals surface area contributed by atoms with Gasteiger partial charge in [0, 0.05) is 10.6 Å². The van der Waals surface area contributed by atoms with Crippen LogP contribution in [0.2, 0.25) is 10.0 Å². The summed E-state index contributed by atoms with van der Waals surface area (Å²) < 4.78 is 0. The molecule has 0 bridgehead atoms. The predicted molar refractivity (Wildman–Crippen MR) is 97.2 cm³/mol. The number of hydrogen-bond donors (Lipinski definition) is 2. The lowest BCUT2D eigenvalue weighted by Gasteiger charge is -2.03. The lowest BCUT2D eigenvalue weighted by Crippen LogP contribution is -1.86. The van der Waals surface area contributed by atoms with Crippen LogP contribution in [-0.4, -0.2) is 15.1 Å². The number of nitriles is 1. The van der Waals surface area contributed by atoms with Crippen molar-refractivity contribution in [2.75, 3.05) is 0 Å². The summed E-state index contributed by atoms with van der Waals surface area (Å²) in [7, 11) is 0. The van der Waals surface area contributed by atoms with Crippen LogP contribution in [0.1, 0.15) is 22.5 Å². The highest BCUT2D eigenvalue weighted by Gasteiger charge is 2.12. The van der Waals surface area contributed by atoms with Gasteiger partial charge in [0.25, 0.3) is 0 Å². The number of imidazole rings is 1. The zero-order valence-electron chi connectivity index (χ0n) is 13.0. The first-order chi connectivity index (χ1) is 11.4. The van der Waals surface area contributed by atoms with Gasteiger partial charge in [-0.05, 0) is 55.3 Å². The minimum atomic E-state index is -0.128. The summed E-state index contributed by atoms with van der Waals surface area (Å²) >= 11 is 11.9. The second-order valence-electron chi connectivity index (χ2n) is 5.53. The van der Waals surface area contributed by atoms with Crippen LogP contribution in [0.25, 0.3) is 22.7 Å². The predicted octanol–water partition coefficient (Wildman–Crippen LogP) is 5.26. The Morgan fingerprint density at radius 1 is 1.21 bits per heavy atom. The molecule has 3 aromatic rings. The third kappa shape index (κ3) is 2.96. The maximum Gasteiger partial charge on any atom is 0.149 e. The molecule has 4 nitrogen and oxygen atoms in total. The van der Waals surface area contributed by atoms with E-state index in [1.54, 1.807) is 0 Å². The second kappa shape index (κ2) is 6.20. The number of nitrogens with one attached hydrogen (secondary N) is 1. The summed E-state index contributed by atoms with van der Waals surface area (Å²) in [6, 6.07) is 9.03. The molecule has 120 valence electrons. The summed E-state index contributed by atoms with van der Waals surface area (Å²) in [4.78, 5) is 7.60. The first kappa shape index (κ1) is 16.4. The third-order valence-electron chi connectivity index (χ3n) is 3.83. The summed E-state index contributed by atoms with van der Waals surface area (Å²) in [5, 5.41) is 20.0. The molecule has 3 rings (SSSR count). The van der Waals surface area contributed by atoms with E-state index in [1.165, 1.54) is 18.2 Å². The Morgan fingerprint density at radius 2 is 1.92 bits per heavy atom. The molecule has 0 fully saturated rings. The maximum absolute atomic E-state index is 10.1. The van der Waals surface area contributed by atoms with Crippen LogP contribution in [0.4, 0.5) is 0 Å². The van der Waals surface area contributed by atoms with Crippen LogP contribution >= 0.6 is 23.2 Å². The third-order valence-corrected chi connectivity index (χ3v) is 4.34. The maximum atomic E-state index is 10.1. The largest absolute Gasteiger partial charge is 0.506 e. The molecule has 1 aromatic heterocycles. The van der Waals surface area contributed by atoms with Gasteiger partial charge in [0.05, 0.1) is 21.6 Å². The second-order valence-corrected chi connectivity index (χ2v) is 6.38. The fourth-order valence-electron chi connectivity index (χ4n) is 2.40. The van der Waals surface area contributed by atoms with Crippen LogP contribution in [-0.2, 0) is 0 Å². The van der Waals surface area contributed by atoms with Gasteiger partial charge in [-0.1, -0.05) is 23.2 Å². The van der Waals surface area contributed by atoms with Crippen molar-refractivity contribution in [2.45, 2.75) is 13.8 Å². The fraction of sp³-hybridized carbons (Fsp3) is 0.111. The topological polar surface area (TPSA) is 72.7 Å². The smallest absolute Gasteiger partial charge is 0.149 e. The molecule has 0 saturated carbocycles. The number of fused-ring (bicyclic) bond motifs is 1. The Kier molecular flexibility index (Phi) is 4.23. The lowest BCUT2D eigenvalue weighted by atomic mass is 10.1. The fourth-order valence-corrected chi connectivity index (χ4v) is 2.91. The number of halogens is 2. The highest BCUT2D eigenvalue weighted by atomic mass is 35.5.